The fourth-order valence-corrected chi connectivity index (χ4v) is 4.34. The third-order valence-electron chi connectivity index (χ3n) is 5.86. The van der Waals surface area contributed by atoms with Crippen molar-refractivity contribution in [3.05, 3.63) is 78.6 Å². The maximum absolute atomic E-state index is 11.4. The highest BCUT2D eigenvalue weighted by atomic mass is 32.2. The van der Waals surface area contributed by atoms with Crippen LogP contribution in [0.5, 0.6) is 17.2 Å². The van der Waals surface area contributed by atoms with Crippen LogP contribution in [0.15, 0.2) is 73.1 Å². The maximum Gasteiger partial charge on any atom is 0.163 e. The van der Waals surface area contributed by atoms with E-state index >= 15 is 0 Å². The molecule has 1 aromatic heterocycles. The lowest BCUT2D eigenvalue weighted by molar-refractivity contribution is 0.236. The van der Waals surface area contributed by atoms with Gasteiger partial charge in [0.25, 0.3) is 0 Å². The molecule has 3 aromatic carbocycles. The second-order valence-electron chi connectivity index (χ2n) is 8.95. The Labute approximate surface area is 223 Å². The predicted octanol–water partition coefficient (Wildman–Crippen LogP) is 4.32. The summed E-state index contributed by atoms with van der Waals surface area (Å²) in [6.07, 6.45) is 2.73. The third kappa shape index (κ3) is 7.80. The first-order valence-corrected chi connectivity index (χ1v) is 14.2. The first-order valence-electron chi connectivity index (χ1n) is 12.2. The van der Waals surface area contributed by atoms with Crippen molar-refractivity contribution in [1.29, 1.82) is 0 Å². The molecule has 0 fully saturated rings. The average molecular weight is 537 g/mol. The van der Waals surface area contributed by atoms with Crippen molar-refractivity contribution in [3.63, 3.8) is 0 Å². The van der Waals surface area contributed by atoms with Gasteiger partial charge in [-0.25, -0.2) is 18.4 Å². The van der Waals surface area contributed by atoms with E-state index in [-0.39, 0.29) is 5.75 Å². The highest BCUT2D eigenvalue weighted by molar-refractivity contribution is 7.90. The summed E-state index contributed by atoms with van der Waals surface area (Å²) in [5, 5.41) is 4.13. The van der Waals surface area contributed by atoms with Crippen molar-refractivity contribution >= 4 is 32.2 Å². The van der Waals surface area contributed by atoms with E-state index in [0.29, 0.717) is 49.1 Å². The van der Waals surface area contributed by atoms with E-state index in [1.54, 1.807) is 7.11 Å². The van der Waals surface area contributed by atoms with E-state index in [2.05, 4.69) is 15.3 Å². The van der Waals surface area contributed by atoms with Gasteiger partial charge in [-0.05, 0) is 42.9 Å². The second-order valence-corrected chi connectivity index (χ2v) is 11.2. The number of nitrogens with one attached hydrogen (secondary N) is 1. The molecule has 200 valence electrons. The standard InChI is InChI=1S/C28H32N4O5S/c1-32(14-16-38(3,33)34)13-15-36-27-18-25-24(17-26(27)35-2)28(30-20-29-25)31-22-9-11-23(12-10-22)37-19-21-7-5-4-6-8-21/h4-12,17-18,20H,13-16,19H2,1-3H3,(H,29,30,31). The molecule has 1 N–H and O–H groups in total. The summed E-state index contributed by atoms with van der Waals surface area (Å²) < 4.78 is 40.1. The van der Waals surface area contributed by atoms with Gasteiger partial charge in [0, 0.05) is 36.5 Å². The zero-order valence-electron chi connectivity index (χ0n) is 21.8. The predicted molar refractivity (Wildman–Crippen MR) is 149 cm³/mol. The number of rotatable bonds is 13. The van der Waals surface area contributed by atoms with Gasteiger partial charge in [-0.1, -0.05) is 30.3 Å². The second kappa shape index (κ2) is 12.6. The van der Waals surface area contributed by atoms with E-state index in [9.17, 15) is 8.42 Å². The number of ether oxygens (including phenoxy) is 3. The summed E-state index contributed by atoms with van der Waals surface area (Å²) in [4.78, 5) is 10.7. The van der Waals surface area contributed by atoms with Crippen molar-refractivity contribution in [2.24, 2.45) is 0 Å². The van der Waals surface area contributed by atoms with Crippen LogP contribution in [0.3, 0.4) is 0 Å². The minimum Gasteiger partial charge on any atom is -0.493 e. The van der Waals surface area contributed by atoms with Gasteiger partial charge in [0.05, 0.1) is 18.4 Å². The zero-order chi connectivity index (χ0) is 27.0. The molecule has 0 saturated heterocycles. The van der Waals surface area contributed by atoms with E-state index in [4.69, 9.17) is 14.2 Å². The number of sulfone groups is 1. The summed E-state index contributed by atoms with van der Waals surface area (Å²) >= 11 is 0. The fourth-order valence-electron chi connectivity index (χ4n) is 3.69. The van der Waals surface area contributed by atoms with Crippen LogP contribution >= 0.6 is 0 Å². The Balaban J connectivity index is 1.41. The molecular weight excluding hydrogens is 504 g/mol. The van der Waals surface area contributed by atoms with E-state index in [1.807, 2.05) is 78.7 Å². The molecule has 0 saturated carbocycles. The first kappa shape index (κ1) is 27.2. The van der Waals surface area contributed by atoms with Gasteiger partial charge in [0.2, 0.25) is 0 Å². The number of fused-ring (bicyclic) bond motifs is 1. The number of benzene rings is 3. The maximum atomic E-state index is 11.4. The van der Waals surface area contributed by atoms with Gasteiger partial charge in [0.15, 0.2) is 11.5 Å². The summed E-state index contributed by atoms with van der Waals surface area (Å²) in [5.41, 5.74) is 2.67. The Bertz CT molecular complexity index is 1450. The number of hydrogen-bond acceptors (Lipinski definition) is 9. The highest BCUT2D eigenvalue weighted by Crippen LogP contribution is 2.35. The number of aromatic nitrogens is 2. The van der Waals surface area contributed by atoms with Crippen LogP contribution < -0.4 is 19.5 Å². The molecule has 10 heteroatoms. The van der Waals surface area contributed by atoms with Gasteiger partial charge in [-0.2, -0.15) is 0 Å². The molecule has 4 rings (SSSR count). The molecule has 0 spiro atoms. The molecule has 0 radical (unpaired) electrons. The van der Waals surface area contributed by atoms with Crippen molar-refractivity contribution < 1.29 is 22.6 Å². The molecular formula is C28H32N4O5S. The largest absolute Gasteiger partial charge is 0.493 e. The number of hydrogen-bond donors (Lipinski definition) is 1. The zero-order valence-corrected chi connectivity index (χ0v) is 22.6. The average Bonchev–Trinajstić information content (AvgIpc) is 2.91. The van der Waals surface area contributed by atoms with Crippen LogP contribution in [0.1, 0.15) is 5.56 Å². The first-order chi connectivity index (χ1) is 18.3. The quantitative estimate of drug-likeness (QED) is 0.268. The SMILES string of the molecule is COc1cc2c(Nc3ccc(OCc4ccccc4)cc3)ncnc2cc1OCCN(C)CCS(C)(=O)=O. The smallest absolute Gasteiger partial charge is 0.163 e. The van der Waals surface area contributed by atoms with Gasteiger partial charge in [-0.3, -0.25) is 0 Å². The number of methoxy groups -OCH3 is 1. The van der Waals surface area contributed by atoms with E-state index < -0.39 is 9.84 Å². The lowest BCUT2D eigenvalue weighted by Gasteiger charge is -2.18. The Morgan fingerprint density at radius 2 is 1.68 bits per heavy atom. The van der Waals surface area contributed by atoms with E-state index in [1.165, 1.54) is 12.6 Å². The van der Waals surface area contributed by atoms with Crippen LogP contribution in [-0.2, 0) is 16.4 Å². The minimum absolute atomic E-state index is 0.110. The van der Waals surface area contributed by atoms with Crippen molar-refractivity contribution in [2.45, 2.75) is 6.61 Å². The highest BCUT2D eigenvalue weighted by Gasteiger charge is 2.13. The molecule has 0 aliphatic heterocycles. The summed E-state index contributed by atoms with van der Waals surface area (Å²) in [7, 11) is 0.439. The van der Waals surface area contributed by atoms with Crippen LogP contribution in [-0.4, -0.2) is 69.1 Å². The van der Waals surface area contributed by atoms with Crippen molar-refractivity contribution in [3.8, 4) is 17.2 Å². The monoisotopic (exact) mass is 536 g/mol. The molecule has 0 aliphatic rings. The topological polar surface area (TPSA) is 103 Å². The molecule has 0 atom stereocenters. The van der Waals surface area contributed by atoms with Gasteiger partial charge in [0.1, 0.15) is 40.9 Å². The number of nitrogens with zero attached hydrogens (tertiary/aromatic N) is 3. The van der Waals surface area contributed by atoms with E-state index in [0.717, 1.165) is 22.4 Å². The molecule has 0 bridgehead atoms. The Morgan fingerprint density at radius 1 is 0.921 bits per heavy atom. The normalized spacial score (nSPS) is 11.5. The number of likely N-dealkylation sites (N-methyl/N-ethyl adjacent to an activating group) is 1. The molecule has 0 amide bonds. The van der Waals surface area contributed by atoms with Gasteiger partial charge >= 0.3 is 0 Å². The molecule has 9 nitrogen and oxygen atoms in total. The van der Waals surface area contributed by atoms with Crippen molar-refractivity contribution in [2.75, 3.05) is 51.2 Å². The molecule has 38 heavy (non-hydrogen) atoms. The Morgan fingerprint density at radius 3 is 2.39 bits per heavy atom. The Hall–Kier alpha value is -3.89. The van der Waals surface area contributed by atoms with Crippen LogP contribution in [0.25, 0.3) is 10.9 Å². The van der Waals surface area contributed by atoms with Gasteiger partial charge in [-0.15, -0.1) is 0 Å². The van der Waals surface area contributed by atoms with Crippen LogP contribution in [0.4, 0.5) is 11.5 Å². The molecule has 0 aliphatic carbocycles. The van der Waals surface area contributed by atoms with Crippen LogP contribution in [0, 0.1) is 0 Å². The summed E-state index contributed by atoms with van der Waals surface area (Å²) in [6, 6.07) is 21.4. The van der Waals surface area contributed by atoms with Gasteiger partial charge < -0.3 is 24.4 Å². The third-order valence-corrected chi connectivity index (χ3v) is 6.78. The molecule has 1 heterocycles. The lowest BCUT2D eigenvalue weighted by Crippen LogP contribution is -2.29. The van der Waals surface area contributed by atoms with Crippen LogP contribution in [0.2, 0.25) is 0 Å². The summed E-state index contributed by atoms with van der Waals surface area (Å²) in [5.74, 6) is 2.63. The molecule has 0 unspecified atom stereocenters. The van der Waals surface area contributed by atoms with Crippen molar-refractivity contribution in [1.82, 2.24) is 14.9 Å². The molecule has 4 aromatic rings. The number of anilines is 2. The fraction of sp³-hybridized carbons (Fsp3) is 0.286. The lowest BCUT2D eigenvalue weighted by atomic mass is 10.2. The Kier molecular flexibility index (Phi) is 8.98. The minimum atomic E-state index is -3.00. The summed E-state index contributed by atoms with van der Waals surface area (Å²) in [6.45, 7) is 1.89.